The summed E-state index contributed by atoms with van der Waals surface area (Å²) in [5.74, 6) is -0.649. The zero-order valence-electron chi connectivity index (χ0n) is 12.0. The highest BCUT2D eigenvalue weighted by atomic mass is 19.1. The number of amides is 2. The van der Waals surface area contributed by atoms with Gasteiger partial charge in [-0.3, -0.25) is 14.6 Å². The summed E-state index contributed by atoms with van der Waals surface area (Å²) in [4.78, 5) is 26.7. The number of rotatable bonds is 2. The highest BCUT2D eigenvalue weighted by Crippen LogP contribution is 2.28. The molecule has 2 saturated heterocycles. The molecule has 0 aliphatic carbocycles. The average Bonchev–Trinajstić information content (AvgIpc) is 2.90. The third-order valence-corrected chi connectivity index (χ3v) is 4.38. The van der Waals surface area contributed by atoms with Crippen LogP contribution in [-0.2, 0) is 0 Å². The van der Waals surface area contributed by atoms with Crippen LogP contribution in [0.25, 0.3) is 0 Å². The fraction of sp³-hybridized carbons (Fsp3) is 0.467. The second kappa shape index (κ2) is 5.92. The van der Waals surface area contributed by atoms with Gasteiger partial charge < -0.3 is 10.4 Å². The Morgan fingerprint density at radius 3 is 2.59 bits per heavy atom. The van der Waals surface area contributed by atoms with E-state index in [9.17, 15) is 14.0 Å². The normalized spacial score (nSPS) is 24.9. The standard InChI is InChI=1S/C15H18FN3O3/c16-11-3-1-10(2-4-11)14(20)17-13-6-5-12-7-8-18(15(21)22)9-19(12)13/h1-4,12-13H,5-9H2,(H,17,20)(H,21,22)/t12-,13-/m0/s1. The Bertz CT molecular complexity index is 578. The minimum absolute atomic E-state index is 0.176. The first kappa shape index (κ1) is 14.8. The van der Waals surface area contributed by atoms with E-state index in [0.717, 1.165) is 19.3 Å². The molecular formula is C15H18FN3O3. The molecule has 2 atom stereocenters. The van der Waals surface area contributed by atoms with Crippen LogP contribution in [0.2, 0.25) is 0 Å². The van der Waals surface area contributed by atoms with Gasteiger partial charge in [0.15, 0.2) is 0 Å². The van der Waals surface area contributed by atoms with Gasteiger partial charge in [-0.1, -0.05) is 0 Å². The van der Waals surface area contributed by atoms with Crippen LogP contribution in [0, 0.1) is 5.82 Å². The average molecular weight is 307 g/mol. The summed E-state index contributed by atoms with van der Waals surface area (Å²) >= 11 is 0. The molecule has 1 aromatic rings. The van der Waals surface area contributed by atoms with Gasteiger partial charge in [-0.2, -0.15) is 0 Å². The molecule has 6 nitrogen and oxygen atoms in total. The fourth-order valence-corrected chi connectivity index (χ4v) is 3.18. The van der Waals surface area contributed by atoms with Crippen molar-refractivity contribution in [2.24, 2.45) is 0 Å². The number of halogens is 1. The minimum Gasteiger partial charge on any atom is -0.465 e. The van der Waals surface area contributed by atoms with Crippen molar-refractivity contribution in [2.75, 3.05) is 13.2 Å². The Labute approximate surface area is 127 Å². The third-order valence-electron chi connectivity index (χ3n) is 4.38. The SMILES string of the molecule is O=C(N[C@@H]1CC[C@H]2CCN(C(=O)O)CN21)c1ccc(F)cc1. The number of carbonyl (C=O) groups excluding carboxylic acids is 1. The summed E-state index contributed by atoms with van der Waals surface area (Å²) in [5.41, 5.74) is 0.400. The molecule has 2 amide bonds. The molecule has 0 unspecified atom stereocenters. The summed E-state index contributed by atoms with van der Waals surface area (Å²) < 4.78 is 12.9. The van der Waals surface area contributed by atoms with Crippen LogP contribution in [0.1, 0.15) is 29.6 Å². The molecule has 22 heavy (non-hydrogen) atoms. The number of carboxylic acid groups (broad SMARTS) is 1. The summed E-state index contributed by atoms with van der Waals surface area (Å²) in [6.45, 7) is 0.851. The van der Waals surface area contributed by atoms with Crippen molar-refractivity contribution in [3.8, 4) is 0 Å². The van der Waals surface area contributed by atoms with Crippen molar-refractivity contribution in [2.45, 2.75) is 31.5 Å². The van der Waals surface area contributed by atoms with Crippen molar-refractivity contribution >= 4 is 12.0 Å². The maximum Gasteiger partial charge on any atom is 0.408 e. The largest absolute Gasteiger partial charge is 0.465 e. The van der Waals surface area contributed by atoms with E-state index in [1.807, 2.05) is 4.90 Å². The molecule has 0 aromatic heterocycles. The Balaban J connectivity index is 1.66. The number of hydrogen-bond acceptors (Lipinski definition) is 3. The number of nitrogens with zero attached hydrogens (tertiary/aromatic N) is 2. The lowest BCUT2D eigenvalue weighted by molar-refractivity contribution is 0.0322. The van der Waals surface area contributed by atoms with E-state index in [1.165, 1.54) is 29.2 Å². The summed E-state index contributed by atoms with van der Waals surface area (Å²) in [6.07, 6.45) is 1.42. The lowest BCUT2D eigenvalue weighted by atomic mass is 10.1. The van der Waals surface area contributed by atoms with E-state index >= 15 is 0 Å². The quantitative estimate of drug-likeness (QED) is 0.872. The van der Waals surface area contributed by atoms with Gasteiger partial charge in [0.2, 0.25) is 0 Å². The molecule has 2 fully saturated rings. The van der Waals surface area contributed by atoms with Crippen LogP contribution in [0.15, 0.2) is 24.3 Å². The van der Waals surface area contributed by atoms with Crippen molar-refractivity contribution < 1.29 is 19.1 Å². The number of benzene rings is 1. The van der Waals surface area contributed by atoms with E-state index in [1.54, 1.807) is 0 Å². The van der Waals surface area contributed by atoms with Gasteiger partial charge in [-0.05, 0) is 43.5 Å². The zero-order valence-corrected chi connectivity index (χ0v) is 12.0. The fourth-order valence-electron chi connectivity index (χ4n) is 3.18. The van der Waals surface area contributed by atoms with Gasteiger partial charge in [0, 0.05) is 18.2 Å². The van der Waals surface area contributed by atoms with E-state index in [-0.39, 0.29) is 17.9 Å². The topological polar surface area (TPSA) is 72.9 Å². The molecule has 2 aliphatic heterocycles. The Hall–Kier alpha value is -2.15. The summed E-state index contributed by atoms with van der Waals surface area (Å²) in [5, 5.41) is 12.0. The third kappa shape index (κ3) is 2.89. The number of carbonyl (C=O) groups is 2. The van der Waals surface area contributed by atoms with Crippen molar-refractivity contribution in [1.29, 1.82) is 0 Å². The van der Waals surface area contributed by atoms with Gasteiger partial charge in [0.25, 0.3) is 5.91 Å². The zero-order chi connectivity index (χ0) is 15.7. The highest BCUT2D eigenvalue weighted by Gasteiger charge is 2.39. The first-order chi connectivity index (χ1) is 10.5. The van der Waals surface area contributed by atoms with E-state index in [4.69, 9.17) is 5.11 Å². The predicted molar refractivity (Wildman–Crippen MR) is 76.7 cm³/mol. The summed E-state index contributed by atoms with van der Waals surface area (Å²) in [7, 11) is 0. The van der Waals surface area contributed by atoms with Gasteiger partial charge in [0.1, 0.15) is 5.82 Å². The predicted octanol–water partition coefficient (Wildman–Crippen LogP) is 1.69. The van der Waals surface area contributed by atoms with Crippen molar-refractivity contribution in [3.05, 3.63) is 35.6 Å². The smallest absolute Gasteiger partial charge is 0.408 e. The Morgan fingerprint density at radius 2 is 1.91 bits per heavy atom. The molecule has 0 saturated carbocycles. The summed E-state index contributed by atoms with van der Waals surface area (Å²) in [6, 6.07) is 5.70. The van der Waals surface area contributed by atoms with E-state index < -0.39 is 6.09 Å². The van der Waals surface area contributed by atoms with E-state index in [2.05, 4.69) is 5.32 Å². The lowest BCUT2D eigenvalue weighted by Gasteiger charge is -2.39. The number of hydrogen-bond donors (Lipinski definition) is 2. The van der Waals surface area contributed by atoms with Crippen LogP contribution in [0.4, 0.5) is 9.18 Å². The Kier molecular flexibility index (Phi) is 3.98. The van der Waals surface area contributed by atoms with E-state index in [0.29, 0.717) is 24.8 Å². The van der Waals surface area contributed by atoms with Crippen LogP contribution >= 0.6 is 0 Å². The molecule has 3 rings (SSSR count). The minimum atomic E-state index is -0.936. The van der Waals surface area contributed by atoms with Crippen LogP contribution < -0.4 is 5.32 Å². The second-order valence-electron chi connectivity index (χ2n) is 5.72. The number of fused-ring (bicyclic) bond motifs is 1. The Morgan fingerprint density at radius 1 is 1.18 bits per heavy atom. The highest BCUT2D eigenvalue weighted by molar-refractivity contribution is 5.94. The van der Waals surface area contributed by atoms with Crippen LogP contribution in [0.5, 0.6) is 0 Å². The van der Waals surface area contributed by atoms with Crippen molar-refractivity contribution in [1.82, 2.24) is 15.1 Å². The molecule has 0 spiro atoms. The van der Waals surface area contributed by atoms with Gasteiger partial charge in [-0.25, -0.2) is 9.18 Å². The first-order valence-corrected chi connectivity index (χ1v) is 7.34. The molecule has 7 heteroatoms. The lowest BCUT2D eigenvalue weighted by Crippen LogP contribution is -2.56. The van der Waals surface area contributed by atoms with Gasteiger partial charge in [-0.15, -0.1) is 0 Å². The van der Waals surface area contributed by atoms with Crippen molar-refractivity contribution in [3.63, 3.8) is 0 Å². The molecule has 1 aromatic carbocycles. The van der Waals surface area contributed by atoms with Gasteiger partial charge >= 0.3 is 6.09 Å². The maximum atomic E-state index is 12.9. The van der Waals surface area contributed by atoms with Gasteiger partial charge in [0.05, 0.1) is 12.8 Å². The molecule has 2 heterocycles. The molecule has 2 N–H and O–H groups in total. The van der Waals surface area contributed by atoms with Crippen LogP contribution in [-0.4, -0.2) is 52.3 Å². The number of nitrogens with one attached hydrogen (secondary N) is 1. The van der Waals surface area contributed by atoms with Crippen LogP contribution in [0.3, 0.4) is 0 Å². The first-order valence-electron chi connectivity index (χ1n) is 7.34. The maximum absolute atomic E-state index is 12.9. The molecule has 0 radical (unpaired) electrons. The molecule has 118 valence electrons. The molecular weight excluding hydrogens is 289 g/mol. The second-order valence-corrected chi connectivity index (χ2v) is 5.72. The molecule has 0 bridgehead atoms. The monoisotopic (exact) mass is 307 g/mol. The molecule has 2 aliphatic rings.